The summed E-state index contributed by atoms with van der Waals surface area (Å²) in [6, 6.07) is 10.5. The summed E-state index contributed by atoms with van der Waals surface area (Å²) in [5.74, 6) is -2.29. The molecule has 0 bridgehead atoms. The number of anilines is 1. The van der Waals surface area contributed by atoms with Crippen molar-refractivity contribution in [2.24, 2.45) is 0 Å². The number of ether oxygens (including phenoxy) is 2. The summed E-state index contributed by atoms with van der Waals surface area (Å²) in [6.45, 7) is -0.0207. The number of benzene rings is 2. The molecular weight excluding hydrogens is 484 g/mol. The number of non-ortho nitro benzene ring substituents is 1. The Bertz CT molecular complexity index is 1210. The molecule has 0 radical (unpaired) electrons. The Hall–Kier alpha value is -3.88. The Labute approximate surface area is 200 Å². The van der Waals surface area contributed by atoms with Gasteiger partial charge in [-0.2, -0.15) is 4.31 Å². The molecule has 1 aliphatic rings. The summed E-state index contributed by atoms with van der Waals surface area (Å²) in [7, 11) is -3.67. The summed E-state index contributed by atoms with van der Waals surface area (Å²) in [5, 5.41) is 15.5. The van der Waals surface area contributed by atoms with E-state index in [2.05, 4.69) is 10.6 Å². The summed E-state index contributed by atoms with van der Waals surface area (Å²) < 4.78 is 36.5. The molecule has 3 rings (SSSR count). The van der Waals surface area contributed by atoms with Gasteiger partial charge in [-0.15, -0.1) is 0 Å². The minimum absolute atomic E-state index is 0.0103. The van der Waals surface area contributed by atoms with E-state index >= 15 is 0 Å². The van der Waals surface area contributed by atoms with Gasteiger partial charge >= 0.3 is 5.97 Å². The lowest BCUT2D eigenvalue weighted by Gasteiger charge is -2.26. The average Bonchev–Trinajstić information content (AvgIpc) is 2.87. The SMILES string of the molecule is O=C(COC(=O)CNC(=O)c1cccc([N+](=O)[O-])c1)Nc1ccc(S(=O)(=O)N2CCOCC2)cc1. The fourth-order valence-corrected chi connectivity index (χ4v) is 4.46. The van der Waals surface area contributed by atoms with E-state index in [1.807, 2.05) is 0 Å². The molecule has 2 amide bonds. The van der Waals surface area contributed by atoms with Crippen LogP contribution >= 0.6 is 0 Å². The van der Waals surface area contributed by atoms with Gasteiger partial charge in [0.05, 0.1) is 23.0 Å². The van der Waals surface area contributed by atoms with Gasteiger partial charge in [-0.05, 0) is 30.3 Å². The van der Waals surface area contributed by atoms with Gasteiger partial charge in [-0.25, -0.2) is 8.42 Å². The smallest absolute Gasteiger partial charge is 0.325 e. The molecule has 1 heterocycles. The minimum Gasteiger partial charge on any atom is -0.454 e. The van der Waals surface area contributed by atoms with E-state index in [1.165, 1.54) is 46.8 Å². The van der Waals surface area contributed by atoms with E-state index in [4.69, 9.17) is 9.47 Å². The number of sulfonamides is 1. The third-order valence-electron chi connectivity index (χ3n) is 4.82. The lowest BCUT2D eigenvalue weighted by atomic mass is 10.2. The fraction of sp³-hybridized carbons (Fsp3) is 0.286. The number of carbonyl (C=O) groups excluding carboxylic acids is 3. The first-order valence-corrected chi connectivity index (χ1v) is 11.8. The molecule has 2 N–H and O–H groups in total. The molecular formula is C21H22N4O9S. The third-order valence-corrected chi connectivity index (χ3v) is 6.74. The predicted octanol–water partition coefficient (Wildman–Crippen LogP) is 0.527. The molecule has 2 aromatic carbocycles. The Kier molecular flexibility index (Phi) is 8.46. The molecule has 14 heteroatoms. The normalized spacial score (nSPS) is 14.1. The van der Waals surface area contributed by atoms with Gasteiger partial charge in [-0.3, -0.25) is 24.5 Å². The van der Waals surface area contributed by atoms with E-state index < -0.39 is 45.9 Å². The molecule has 13 nitrogen and oxygen atoms in total. The van der Waals surface area contributed by atoms with Crippen molar-refractivity contribution in [1.29, 1.82) is 0 Å². The fourth-order valence-electron chi connectivity index (χ4n) is 3.06. The molecule has 0 aliphatic carbocycles. The highest BCUT2D eigenvalue weighted by atomic mass is 32.2. The number of nitro groups is 1. The van der Waals surface area contributed by atoms with Crippen LogP contribution in [0.1, 0.15) is 10.4 Å². The summed E-state index contributed by atoms with van der Waals surface area (Å²) in [5.41, 5.74) is 0.0124. The van der Waals surface area contributed by atoms with Crippen LogP contribution in [0.3, 0.4) is 0 Å². The highest BCUT2D eigenvalue weighted by Crippen LogP contribution is 2.19. The van der Waals surface area contributed by atoms with Crippen LogP contribution in [0.15, 0.2) is 53.4 Å². The number of morpholine rings is 1. The molecule has 1 fully saturated rings. The number of hydrogen-bond donors (Lipinski definition) is 2. The van der Waals surface area contributed by atoms with Gasteiger partial charge in [0.1, 0.15) is 6.54 Å². The monoisotopic (exact) mass is 506 g/mol. The van der Waals surface area contributed by atoms with Crippen LogP contribution in [0.2, 0.25) is 0 Å². The maximum atomic E-state index is 12.6. The van der Waals surface area contributed by atoms with Gasteiger partial charge in [0.2, 0.25) is 10.0 Å². The topological polar surface area (TPSA) is 174 Å². The molecule has 0 aromatic heterocycles. The standard InChI is InChI=1S/C21H22N4O9S/c26-19(14-34-20(27)13-22-21(28)15-2-1-3-17(12-15)25(29)30)23-16-4-6-18(7-5-16)35(31,32)24-8-10-33-11-9-24/h1-7,12H,8-11,13-14H2,(H,22,28)(H,23,26). The number of amides is 2. The second kappa shape index (κ2) is 11.5. The minimum atomic E-state index is -3.67. The van der Waals surface area contributed by atoms with Crippen LogP contribution in [0.5, 0.6) is 0 Å². The van der Waals surface area contributed by atoms with Crippen LogP contribution in [0, 0.1) is 10.1 Å². The molecule has 0 unspecified atom stereocenters. The van der Waals surface area contributed by atoms with E-state index in [1.54, 1.807) is 0 Å². The average molecular weight is 506 g/mol. The molecule has 1 saturated heterocycles. The molecule has 0 spiro atoms. The number of nitro benzene ring substituents is 1. The number of esters is 1. The predicted molar refractivity (Wildman–Crippen MR) is 121 cm³/mol. The molecule has 1 aliphatic heterocycles. The van der Waals surface area contributed by atoms with E-state index in [9.17, 15) is 32.9 Å². The molecule has 2 aromatic rings. The molecule has 0 atom stereocenters. The van der Waals surface area contributed by atoms with Gasteiger partial charge in [-0.1, -0.05) is 6.07 Å². The number of nitrogens with one attached hydrogen (secondary N) is 2. The maximum absolute atomic E-state index is 12.6. The maximum Gasteiger partial charge on any atom is 0.325 e. The van der Waals surface area contributed by atoms with Gasteiger partial charge < -0.3 is 20.1 Å². The van der Waals surface area contributed by atoms with Crippen molar-refractivity contribution in [1.82, 2.24) is 9.62 Å². The van der Waals surface area contributed by atoms with Gasteiger partial charge in [0, 0.05) is 36.5 Å². The van der Waals surface area contributed by atoms with Crippen molar-refractivity contribution in [3.8, 4) is 0 Å². The van der Waals surface area contributed by atoms with Crippen molar-refractivity contribution in [3.63, 3.8) is 0 Å². The van der Waals surface area contributed by atoms with E-state index in [0.29, 0.717) is 18.9 Å². The first-order chi connectivity index (χ1) is 16.7. The van der Waals surface area contributed by atoms with Crippen LogP contribution in [-0.2, 0) is 29.1 Å². The Morgan fingerprint density at radius 1 is 1.09 bits per heavy atom. The largest absolute Gasteiger partial charge is 0.454 e. The summed E-state index contributed by atoms with van der Waals surface area (Å²) >= 11 is 0. The highest BCUT2D eigenvalue weighted by molar-refractivity contribution is 7.89. The number of rotatable bonds is 9. The second-order valence-corrected chi connectivity index (χ2v) is 9.18. The Balaban J connectivity index is 1.44. The zero-order valence-electron chi connectivity index (χ0n) is 18.3. The van der Waals surface area contributed by atoms with E-state index in [-0.39, 0.29) is 29.2 Å². The highest BCUT2D eigenvalue weighted by Gasteiger charge is 2.26. The molecule has 186 valence electrons. The first kappa shape index (κ1) is 25.7. The Morgan fingerprint density at radius 2 is 1.77 bits per heavy atom. The number of hydrogen-bond acceptors (Lipinski definition) is 9. The number of nitrogens with zero attached hydrogens (tertiary/aromatic N) is 2. The van der Waals surface area contributed by atoms with Crippen LogP contribution < -0.4 is 10.6 Å². The summed E-state index contributed by atoms with van der Waals surface area (Å²) in [4.78, 5) is 46.1. The third kappa shape index (κ3) is 7.05. The second-order valence-electron chi connectivity index (χ2n) is 7.24. The first-order valence-electron chi connectivity index (χ1n) is 10.3. The van der Waals surface area contributed by atoms with Gasteiger partial charge in [0.15, 0.2) is 6.61 Å². The van der Waals surface area contributed by atoms with Crippen molar-refractivity contribution >= 4 is 39.2 Å². The lowest BCUT2D eigenvalue weighted by Crippen LogP contribution is -2.40. The van der Waals surface area contributed by atoms with Crippen molar-refractivity contribution in [2.75, 3.05) is 44.8 Å². The zero-order chi connectivity index (χ0) is 25.4. The van der Waals surface area contributed by atoms with Crippen molar-refractivity contribution in [3.05, 3.63) is 64.2 Å². The van der Waals surface area contributed by atoms with Crippen LogP contribution in [-0.4, -0.2) is 74.9 Å². The quantitative estimate of drug-likeness (QED) is 0.279. The van der Waals surface area contributed by atoms with Crippen LogP contribution in [0.4, 0.5) is 11.4 Å². The van der Waals surface area contributed by atoms with Crippen molar-refractivity contribution in [2.45, 2.75) is 4.90 Å². The Morgan fingerprint density at radius 3 is 2.43 bits per heavy atom. The van der Waals surface area contributed by atoms with Crippen molar-refractivity contribution < 1.29 is 37.2 Å². The molecule has 35 heavy (non-hydrogen) atoms. The number of carbonyl (C=O) groups is 3. The van der Waals surface area contributed by atoms with E-state index in [0.717, 1.165) is 6.07 Å². The summed E-state index contributed by atoms with van der Waals surface area (Å²) in [6.07, 6.45) is 0. The van der Waals surface area contributed by atoms with Crippen LogP contribution in [0.25, 0.3) is 0 Å². The molecule has 0 saturated carbocycles. The van der Waals surface area contributed by atoms with Gasteiger partial charge in [0.25, 0.3) is 17.5 Å². The zero-order valence-corrected chi connectivity index (χ0v) is 19.2. The lowest BCUT2D eigenvalue weighted by molar-refractivity contribution is -0.384.